The summed E-state index contributed by atoms with van der Waals surface area (Å²) in [6.45, 7) is 1.96. The van der Waals surface area contributed by atoms with Gasteiger partial charge in [0.25, 0.3) is 0 Å². The topological polar surface area (TPSA) is 122 Å². The Morgan fingerprint density at radius 2 is 1.93 bits per heavy atom. The third-order valence-corrected chi connectivity index (χ3v) is 5.36. The molecular formula is C22H25N3O5. The number of nitrogens with one attached hydrogen (secondary N) is 1. The summed E-state index contributed by atoms with van der Waals surface area (Å²) in [5.41, 5.74) is 5.90. The molecule has 3 rings (SSSR count). The van der Waals surface area contributed by atoms with Crippen molar-refractivity contribution in [1.82, 2.24) is 10.2 Å². The van der Waals surface area contributed by atoms with Crippen molar-refractivity contribution in [2.45, 2.75) is 31.3 Å². The summed E-state index contributed by atoms with van der Waals surface area (Å²) >= 11 is 0. The zero-order valence-electron chi connectivity index (χ0n) is 16.7. The maximum absolute atomic E-state index is 13.3. The fraction of sp³-hybridized carbons (Fsp3) is 0.318. The number of amides is 2. The van der Waals surface area contributed by atoms with Crippen LogP contribution in [-0.4, -0.2) is 41.3 Å². The van der Waals surface area contributed by atoms with Crippen LogP contribution >= 0.6 is 0 Å². The molecule has 2 unspecified atom stereocenters. The second-order valence-corrected chi connectivity index (χ2v) is 7.30. The van der Waals surface area contributed by atoms with E-state index in [0.717, 1.165) is 5.56 Å². The van der Waals surface area contributed by atoms with Gasteiger partial charge in [0.15, 0.2) is 6.04 Å². The molecule has 158 valence electrons. The molecular weight excluding hydrogens is 386 g/mol. The van der Waals surface area contributed by atoms with Gasteiger partial charge in [-0.3, -0.25) is 4.90 Å². The number of carbonyl (C=O) groups excluding carboxylic acids is 3. The maximum Gasteiger partial charge on any atom is 0.341 e. The Morgan fingerprint density at radius 3 is 2.57 bits per heavy atom. The van der Waals surface area contributed by atoms with E-state index in [4.69, 9.17) is 10.5 Å². The number of rotatable bonds is 6. The summed E-state index contributed by atoms with van der Waals surface area (Å²) in [5, 5.41) is 12.2. The predicted molar refractivity (Wildman–Crippen MR) is 109 cm³/mol. The SMILES string of the molecule is Cc1cccc(C(NC(N)=O)C(=O)OC(=O)C2(c3ccccc3)CCCN2CO)c1. The molecule has 2 amide bonds. The molecule has 1 heterocycles. The highest BCUT2D eigenvalue weighted by atomic mass is 16.6. The van der Waals surface area contributed by atoms with Crippen LogP contribution in [0.15, 0.2) is 54.6 Å². The fourth-order valence-electron chi connectivity index (χ4n) is 3.96. The number of carbonyl (C=O) groups is 3. The van der Waals surface area contributed by atoms with Crippen LogP contribution in [0.25, 0.3) is 0 Å². The number of benzene rings is 2. The second-order valence-electron chi connectivity index (χ2n) is 7.30. The summed E-state index contributed by atoms with van der Waals surface area (Å²) in [6, 6.07) is 13.7. The van der Waals surface area contributed by atoms with Crippen LogP contribution in [0.1, 0.15) is 35.6 Å². The monoisotopic (exact) mass is 411 g/mol. The van der Waals surface area contributed by atoms with Crippen LogP contribution in [-0.2, 0) is 19.9 Å². The van der Waals surface area contributed by atoms with Gasteiger partial charge in [-0.2, -0.15) is 0 Å². The quantitative estimate of drug-likeness (QED) is 0.491. The number of aliphatic hydroxyl groups is 1. The molecule has 0 saturated carbocycles. The molecule has 2 atom stereocenters. The lowest BCUT2D eigenvalue weighted by molar-refractivity contribution is -0.171. The first-order chi connectivity index (χ1) is 14.4. The van der Waals surface area contributed by atoms with Crippen molar-refractivity contribution in [3.63, 3.8) is 0 Å². The number of hydrogen-bond acceptors (Lipinski definition) is 6. The minimum Gasteiger partial charge on any atom is -0.390 e. The fourth-order valence-corrected chi connectivity index (χ4v) is 3.96. The first-order valence-electron chi connectivity index (χ1n) is 9.68. The molecule has 2 aromatic carbocycles. The van der Waals surface area contributed by atoms with Crippen molar-refractivity contribution in [3.05, 3.63) is 71.3 Å². The van der Waals surface area contributed by atoms with Crippen LogP contribution in [0.3, 0.4) is 0 Å². The van der Waals surface area contributed by atoms with E-state index in [-0.39, 0.29) is 6.73 Å². The molecule has 1 aliphatic heterocycles. The highest BCUT2D eigenvalue weighted by molar-refractivity contribution is 5.95. The number of esters is 2. The smallest absolute Gasteiger partial charge is 0.341 e. The van der Waals surface area contributed by atoms with E-state index in [1.54, 1.807) is 47.4 Å². The predicted octanol–water partition coefficient (Wildman–Crippen LogP) is 1.72. The molecule has 2 aromatic rings. The van der Waals surface area contributed by atoms with Crippen molar-refractivity contribution >= 4 is 18.0 Å². The molecule has 0 aliphatic carbocycles. The molecule has 30 heavy (non-hydrogen) atoms. The normalized spacial score (nSPS) is 19.8. The van der Waals surface area contributed by atoms with E-state index in [1.165, 1.54) is 0 Å². The molecule has 4 N–H and O–H groups in total. The van der Waals surface area contributed by atoms with E-state index in [9.17, 15) is 19.5 Å². The lowest BCUT2D eigenvalue weighted by Gasteiger charge is -2.35. The van der Waals surface area contributed by atoms with Crippen molar-refractivity contribution < 1.29 is 24.2 Å². The molecule has 1 fully saturated rings. The summed E-state index contributed by atoms with van der Waals surface area (Å²) in [5.74, 6) is -1.74. The number of likely N-dealkylation sites (tertiary alicyclic amines) is 1. The molecule has 8 nitrogen and oxygen atoms in total. The van der Waals surface area contributed by atoms with Gasteiger partial charge in [0, 0.05) is 6.54 Å². The van der Waals surface area contributed by atoms with E-state index in [1.807, 2.05) is 19.1 Å². The Kier molecular flexibility index (Phi) is 6.49. The van der Waals surface area contributed by atoms with Gasteiger partial charge < -0.3 is 20.9 Å². The standard InChI is InChI=1S/C22H25N3O5/c1-15-7-5-8-16(13-15)18(24-21(23)29)19(27)30-20(28)22(11-6-12-25(22)14-26)17-9-3-2-4-10-17/h2-5,7-10,13,18,26H,6,11-12,14H2,1H3,(H3,23,24,29). The Balaban J connectivity index is 1.92. The van der Waals surface area contributed by atoms with Crippen molar-refractivity contribution in [1.29, 1.82) is 0 Å². The number of urea groups is 1. The third kappa shape index (κ3) is 4.19. The average Bonchev–Trinajstić information content (AvgIpc) is 3.17. The highest BCUT2D eigenvalue weighted by Crippen LogP contribution is 2.40. The van der Waals surface area contributed by atoms with Gasteiger partial charge >= 0.3 is 18.0 Å². The van der Waals surface area contributed by atoms with Crippen molar-refractivity contribution in [2.24, 2.45) is 5.73 Å². The maximum atomic E-state index is 13.3. The number of hydrogen-bond donors (Lipinski definition) is 3. The Bertz CT molecular complexity index is 933. The van der Waals surface area contributed by atoms with E-state index < -0.39 is 29.6 Å². The van der Waals surface area contributed by atoms with E-state index >= 15 is 0 Å². The van der Waals surface area contributed by atoms with Gasteiger partial charge in [-0.1, -0.05) is 60.2 Å². The van der Waals surface area contributed by atoms with Gasteiger partial charge in [0.2, 0.25) is 0 Å². The highest BCUT2D eigenvalue weighted by Gasteiger charge is 2.51. The van der Waals surface area contributed by atoms with Crippen LogP contribution < -0.4 is 11.1 Å². The second kappa shape index (κ2) is 9.06. The number of aryl methyl sites for hydroxylation is 1. The van der Waals surface area contributed by atoms with Gasteiger partial charge in [-0.15, -0.1) is 0 Å². The Morgan fingerprint density at radius 1 is 1.20 bits per heavy atom. The summed E-state index contributed by atoms with van der Waals surface area (Å²) in [7, 11) is 0. The third-order valence-electron chi connectivity index (χ3n) is 5.36. The summed E-state index contributed by atoms with van der Waals surface area (Å²) in [6.07, 6.45) is 1.04. The van der Waals surface area contributed by atoms with Gasteiger partial charge in [0.1, 0.15) is 5.54 Å². The number of ether oxygens (including phenoxy) is 1. The van der Waals surface area contributed by atoms with Crippen LogP contribution in [0.2, 0.25) is 0 Å². The number of nitrogens with two attached hydrogens (primary N) is 1. The van der Waals surface area contributed by atoms with E-state index in [2.05, 4.69) is 5.32 Å². The number of nitrogens with zero attached hydrogens (tertiary/aromatic N) is 1. The first-order valence-corrected chi connectivity index (χ1v) is 9.68. The summed E-state index contributed by atoms with van der Waals surface area (Å²) in [4.78, 5) is 39.3. The van der Waals surface area contributed by atoms with Gasteiger partial charge in [0.05, 0.1) is 6.73 Å². The minimum atomic E-state index is -1.28. The number of aliphatic hydroxyl groups excluding tert-OH is 1. The molecule has 1 aliphatic rings. The van der Waals surface area contributed by atoms with Crippen LogP contribution in [0, 0.1) is 6.92 Å². The van der Waals surface area contributed by atoms with Gasteiger partial charge in [-0.05, 0) is 30.9 Å². The number of primary amides is 1. The molecule has 0 radical (unpaired) electrons. The first kappa shape index (κ1) is 21.5. The molecule has 8 heteroatoms. The lowest BCUT2D eigenvalue weighted by Crippen LogP contribution is -2.50. The minimum absolute atomic E-state index is 0.362. The van der Waals surface area contributed by atoms with Crippen LogP contribution in [0.5, 0.6) is 0 Å². The Hall–Kier alpha value is -3.23. The Labute approximate surface area is 174 Å². The van der Waals surface area contributed by atoms with Crippen molar-refractivity contribution in [3.8, 4) is 0 Å². The molecule has 1 saturated heterocycles. The summed E-state index contributed by atoms with van der Waals surface area (Å²) < 4.78 is 5.28. The van der Waals surface area contributed by atoms with E-state index in [0.29, 0.717) is 30.5 Å². The molecule has 0 bridgehead atoms. The zero-order valence-corrected chi connectivity index (χ0v) is 16.7. The lowest BCUT2D eigenvalue weighted by atomic mass is 9.87. The average molecular weight is 411 g/mol. The molecule has 0 spiro atoms. The van der Waals surface area contributed by atoms with Crippen molar-refractivity contribution in [2.75, 3.05) is 13.3 Å². The largest absolute Gasteiger partial charge is 0.390 e. The molecule has 0 aromatic heterocycles. The van der Waals surface area contributed by atoms with Crippen LogP contribution in [0.4, 0.5) is 4.79 Å². The zero-order chi connectivity index (χ0) is 21.7. The van der Waals surface area contributed by atoms with Gasteiger partial charge in [-0.25, -0.2) is 14.4 Å².